The third-order valence-corrected chi connectivity index (χ3v) is 8.48. The van der Waals surface area contributed by atoms with Crippen molar-refractivity contribution in [3.8, 4) is 11.5 Å². The van der Waals surface area contributed by atoms with Gasteiger partial charge >= 0.3 is 0 Å². The lowest BCUT2D eigenvalue weighted by atomic mass is 9.89. The van der Waals surface area contributed by atoms with Crippen LogP contribution in [0.25, 0.3) is 10.9 Å². The van der Waals surface area contributed by atoms with E-state index in [4.69, 9.17) is 9.47 Å². The standard InChI is InChI=1S/C29H32N6O3/c36-29-23(15-21-16-25-26(38-18-37-25)17-24(21)30-29)27(28-31-32-33-35(28)22-8-4-5-9-22)34-12-10-20(11-13-34)14-19-6-2-1-3-7-19/h1-3,6-7,15-17,20,22,27H,4-5,8-14,18H2,(H,30,36)/t27-/m1/s1. The molecule has 38 heavy (non-hydrogen) atoms. The lowest BCUT2D eigenvalue weighted by Crippen LogP contribution is -2.41. The fourth-order valence-corrected chi connectivity index (χ4v) is 6.47. The summed E-state index contributed by atoms with van der Waals surface area (Å²) in [7, 11) is 0. The first-order valence-corrected chi connectivity index (χ1v) is 13.8. The van der Waals surface area contributed by atoms with E-state index in [-0.39, 0.29) is 24.4 Å². The maximum Gasteiger partial charge on any atom is 0.253 e. The van der Waals surface area contributed by atoms with Gasteiger partial charge in [0.25, 0.3) is 5.56 Å². The minimum Gasteiger partial charge on any atom is -0.454 e. The molecular weight excluding hydrogens is 480 g/mol. The number of aromatic nitrogens is 5. The Bertz CT molecular complexity index is 1490. The molecule has 1 atom stereocenters. The van der Waals surface area contributed by atoms with Crippen LogP contribution in [0.5, 0.6) is 11.5 Å². The van der Waals surface area contributed by atoms with E-state index in [1.165, 1.54) is 18.4 Å². The zero-order chi connectivity index (χ0) is 25.5. The number of nitrogens with one attached hydrogen (secondary N) is 1. The summed E-state index contributed by atoms with van der Waals surface area (Å²) in [6, 6.07) is 16.5. The molecule has 0 unspecified atom stereocenters. The van der Waals surface area contributed by atoms with Crippen molar-refractivity contribution in [2.45, 2.75) is 57.0 Å². The summed E-state index contributed by atoms with van der Waals surface area (Å²) < 4.78 is 13.1. The third kappa shape index (κ3) is 4.34. The van der Waals surface area contributed by atoms with Gasteiger partial charge in [-0.3, -0.25) is 9.69 Å². The maximum absolute atomic E-state index is 13.6. The lowest BCUT2D eigenvalue weighted by Gasteiger charge is -2.37. The molecule has 0 radical (unpaired) electrons. The molecule has 9 heteroatoms. The SMILES string of the molecule is O=c1[nH]c2cc3c(cc2cc1[C@H](c1nnnn1C1CCCC1)N1CCC(Cc2ccccc2)CC1)OCO3. The number of hydrogen-bond donors (Lipinski definition) is 1. The number of tetrazole rings is 1. The predicted molar refractivity (Wildman–Crippen MR) is 142 cm³/mol. The van der Waals surface area contributed by atoms with Crippen molar-refractivity contribution in [3.63, 3.8) is 0 Å². The number of benzene rings is 2. The van der Waals surface area contributed by atoms with E-state index in [0.29, 0.717) is 23.0 Å². The molecule has 2 fully saturated rings. The van der Waals surface area contributed by atoms with Gasteiger partial charge in [-0.15, -0.1) is 5.10 Å². The second kappa shape index (κ2) is 9.87. The van der Waals surface area contributed by atoms with Crippen LogP contribution in [0, 0.1) is 5.92 Å². The van der Waals surface area contributed by atoms with Crippen molar-refractivity contribution in [1.29, 1.82) is 0 Å². The van der Waals surface area contributed by atoms with Crippen LogP contribution in [0.4, 0.5) is 0 Å². The van der Waals surface area contributed by atoms with E-state index < -0.39 is 0 Å². The highest BCUT2D eigenvalue weighted by Gasteiger charge is 2.35. The Kier molecular flexibility index (Phi) is 6.08. The van der Waals surface area contributed by atoms with Crippen LogP contribution in [-0.4, -0.2) is 50.0 Å². The average Bonchev–Trinajstić information content (AvgIpc) is 3.72. The number of fused-ring (bicyclic) bond motifs is 2. The van der Waals surface area contributed by atoms with E-state index in [9.17, 15) is 4.79 Å². The van der Waals surface area contributed by atoms with Gasteiger partial charge in [-0.05, 0) is 79.2 Å². The van der Waals surface area contributed by atoms with Gasteiger partial charge in [0.05, 0.1) is 11.6 Å². The maximum atomic E-state index is 13.6. The molecule has 0 spiro atoms. The Morgan fingerprint density at radius 2 is 1.74 bits per heavy atom. The summed E-state index contributed by atoms with van der Waals surface area (Å²) in [6.07, 6.45) is 7.74. The van der Waals surface area contributed by atoms with Crippen molar-refractivity contribution in [1.82, 2.24) is 30.1 Å². The van der Waals surface area contributed by atoms with Crippen LogP contribution in [0.15, 0.2) is 53.3 Å². The van der Waals surface area contributed by atoms with Gasteiger partial charge in [-0.1, -0.05) is 43.2 Å². The van der Waals surface area contributed by atoms with Crippen LogP contribution in [0.1, 0.15) is 67.6 Å². The van der Waals surface area contributed by atoms with Gasteiger partial charge in [-0.2, -0.15) is 0 Å². The summed E-state index contributed by atoms with van der Waals surface area (Å²) in [5.41, 5.74) is 2.68. The molecule has 0 amide bonds. The number of hydrogen-bond acceptors (Lipinski definition) is 7. The summed E-state index contributed by atoms with van der Waals surface area (Å²) in [4.78, 5) is 19.1. The second-order valence-electron chi connectivity index (χ2n) is 10.8. The minimum absolute atomic E-state index is 0.117. The number of pyridine rings is 1. The van der Waals surface area contributed by atoms with Crippen LogP contribution in [0.3, 0.4) is 0 Å². The number of aromatic amines is 1. The highest BCUT2D eigenvalue weighted by atomic mass is 16.7. The fraction of sp³-hybridized carbons (Fsp3) is 0.448. The molecule has 1 N–H and O–H groups in total. The number of piperidine rings is 1. The van der Waals surface area contributed by atoms with Crippen LogP contribution in [0.2, 0.25) is 0 Å². The molecule has 196 valence electrons. The van der Waals surface area contributed by atoms with E-state index in [2.05, 4.69) is 55.7 Å². The topological polar surface area (TPSA) is 98.2 Å². The van der Waals surface area contributed by atoms with E-state index in [0.717, 1.165) is 61.9 Å². The van der Waals surface area contributed by atoms with E-state index in [1.807, 2.05) is 22.9 Å². The fourth-order valence-electron chi connectivity index (χ4n) is 6.47. The summed E-state index contributed by atoms with van der Waals surface area (Å²) >= 11 is 0. The normalized spacial score (nSPS) is 19.4. The largest absolute Gasteiger partial charge is 0.454 e. The predicted octanol–water partition coefficient (Wildman–Crippen LogP) is 4.40. The van der Waals surface area contributed by atoms with Gasteiger partial charge in [0.2, 0.25) is 6.79 Å². The molecule has 7 rings (SSSR count). The minimum atomic E-state index is -0.318. The Morgan fingerprint density at radius 1 is 0.974 bits per heavy atom. The summed E-state index contributed by atoms with van der Waals surface area (Å²) in [5.74, 6) is 2.74. The lowest BCUT2D eigenvalue weighted by molar-refractivity contribution is 0.141. The van der Waals surface area contributed by atoms with E-state index >= 15 is 0 Å². The quantitative estimate of drug-likeness (QED) is 0.409. The first-order valence-electron chi connectivity index (χ1n) is 13.8. The molecule has 4 aromatic rings. The van der Waals surface area contributed by atoms with Gasteiger partial charge in [0.15, 0.2) is 17.3 Å². The third-order valence-electron chi connectivity index (χ3n) is 8.48. The molecule has 3 aliphatic rings. The molecule has 2 aromatic carbocycles. The number of likely N-dealkylation sites (tertiary alicyclic amines) is 1. The van der Waals surface area contributed by atoms with Gasteiger partial charge in [-0.25, -0.2) is 4.68 Å². The van der Waals surface area contributed by atoms with Crippen LogP contribution < -0.4 is 15.0 Å². The monoisotopic (exact) mass is 512 g/mol. The highest BCUT2D eigenvalue weighted by Crippen LogP contribution is 2.38. The molecular formula is C29H32N6O3. The van der Waals surface area contributed by atoms with Gasteiger partial charge < -0.3 is 14.5 Å². The molecule has 9 nitrogen and oxygen atoms in total. The first kappa shape index (κ1) is 23.4. The highest BCUT2D eigenvalue weighted by molar-refractivity contribution is 5.83. The molecule has 4 heterocycles. The van der Waals surface area contributed by atoms with Gasteiger partial charge in [0.1, 0.15) is 6.04 Å². The zero-order valence-electron chi connectivity index (χ0n) is 21.4. The van der Waals surface area contributed by atoms with Crippen molar-refractivity contribution >= 4 is 10.9 Å². The van der Waals surface area contributed by atoms with Gasteiger partial charge in [0, 0.05) is 17.0 Å². The Labute approximate surface area is 220 Å². The average molecular weight is 513 g/mol. The van der Waals surface area contributed by atoms with E-state index in [1.54, 1.807) is 0 Å². The number of rotatable bonds is 6. The van der Waals surface area contributed by atoms with Crippen molar-refractivity contribution in [2.24, 2.45) is 5.92 Å². The first-order chi connectivity index (χ1) is 18.7. The van der Waals surface area contributed by atoms with Crippen molar-refractivity contribution < 1.29 is 9.47 Å². The zero-order valence-corrected chi connectivity index (χ0v) is 21.4. The van der Waals surface area contributed by atoms with Crippen LogP contribution >= 0.6 is 0 Å². The Hall–Kier alpha value is -3.72. The molecule has 0 bridgehead atoms. The molecule has 1 saturated heterocycles. The number of ether oxygens (including phenoxy) is 2. The molecule has 1 aliphatic carbocycles. The van der Waals surface area contributed by atoms with Crippen molar-refractivity contribution in [3.05, 3.63) is 75.8 Å². The molecule has 2 aromatic heterocycles. The summed E-state index contributed by atoms with van der Waals surface area (Å²) in [6.45, 7) is 1.97. The van der Waals surface area contributed by atoms with Crippen molar-refractivity contribution in [2.75, 3.05) is 19.9 Å². The molecule has 1 saturated carbocycles. The number of nitrogens with zero attached hydrogens (tertiary/aromatic N) is 5. The smallest absolute Gasteiger partial charge is 0.253 e. The van der Waals surface area contributed by atoms with Crippen LogP contribution in [-0.2, 0) is 6.42 Å². The Morgan fingerprint density at radius 3 is 2.53 bits per heavy atom. The Balaban J connectivity index is 1.25. The summed E-state index contributed by atoms with van der Waals surface area (Å²) in [5, 5.41) is 14.0. The number of H-pyrrole nitrogens is 1. The molecule has 2 aliphatic heterocycles. The second-order valence-corrected chi connectivity index (χ2v) is 10.8.